The average molecular weight is 345 g/mol. The van der Waals surface area contributed by atoms with Crippen molar-refractivity contribution >= 4 is 11.3 Å². The number of nitrogens with zero attached hydrogens (tertiary/aromatic N) is 3. The van der Waals surface area contributed by atoms with Gasteiger partial charge in [0.05, 0.1) is 34.9 Å². The number of aromatic nitrogens is 1. The molecule has 0 N–H and O–H groups in total. The maximum atomic E-state index is 13.6. The van der Waals surface area contributed by atoms with Gasteiger partial charge in [-0.3, -0.25) is 4.90 Å². The summed E-state index contributed by atoms with van der Waals surface area (Å²) in [5.41, 5.74) is 3.32. The molecule has 0 amide bonds. The van der Waals surface area contributed by atoms with Crippen molar-refractivity contribution in [3.8, 4) is 6.07 Å². The Morgan fingerprint density at radius 3 is 2.79 bits per heavy atom. The van der Waals surface area contributed by atoms with Gasteiger partial charge in [0.25, 0.3) is 0 Å². The van der Waals surface area contributed by atoms with Crippen molar-refractivity contribution in [3.05, 3.63) is 51.7 Å². The molecule has 1 unspecified atom stereocenters. The zero-order valence-corrected chi connectivity index (χ0v) is 14.4. The van der Waals surface area contributed by atoms with Crippen molar-refractivity contribution in [2.75, 3.05) is 13.1 Å². The minimum Gasteiger partial charge on any atom is -0.373 e. The van der Waals surface area contributed by atoms with Gasteiger partial charge < -0.3 is 4.74 Å². The van der Waals surface area contributed by atoms with Crippen molar-refractivity contribution in [2.24, 2.45) is 0 Å². The van der Waals surface area contributed by atoms with Gasteiger partial charge in [-0.15, -0.1) is 11.3 Å². The molecule has 1 aliphatic heterocycles. The second-order valence-electron chi connectivity index (χ2n) is 5.97. The second-order valence-corrected chi connectivity index (χ2v) is 6.86. The molecule has 0 spiro atoms. The largest absolute Gasteiger partial charge is 0.373 e. The molecule has 2 heterocycles. The van der Waals surface area contributed by atoms with Crippen molar-refractivity contribution in [3.63, 3.8) is 0 Å². The van der Waals surface area contributed by atoms with E-state index >= 15 is 0 Å². The Hall–Kier alpha value is -1.81. The van der Waals surface area contributed by atoms with E-state index in [1.807, 2.05) is 13.0 Å². The Morgan fingerprint density at radius 1 is 1.42 bits per heavy atom. The van der Waals surface area contributed by atoms with E-state index in [1.54, 1.807) is 17.6 Å². The van der Waals surface area contributed by atoms with E-state index in [0.29, 0.717) is 12.2 Å². The zero-order chi connectivity index (χ0) is 16.9. The zero-order valence-electron chi connectivity index (χ0n) is 13.6. The summed E-state index contributed by atoms with van der Waals surface area (Å²) < 4.78 is 19.5. The number of hydrogen-bond donors (Lipinski definition) is 0. The van der Waals surface area contributed by atoms with Crippen LogP contribution in [0.15, 0.2) is 29.8 Å². The number of ether oxygens (including phenoxy) is 1. The molecule has 1 aromatic carbocycles. The molecule has 4 nitrogen and oxygen atoms in total. The second kappa shape index (κ2) is 7.84. The molecule has 0 saturated carbocycles. The molecular weight excluding hydrogens is 325 g/mol. The highest BCUT2D eigenvalue weighted by Crippen LogP contribution is 2.29. The summed E-state index contributed by atoms with van der Waals surface area (Å²) >= 11 is 1.54. The standard InChI is InChI=1S/C18H20FN3OS/c1-13-18(24-12-21-13)17(10-20)22-8-6-15(7-9-22)23-11-14-4-2-3-5-16(14)19/h2-5,12,15,17H,6-9,11H2,1H3. The van der Waals surface area contributed by atoms with Crippen LogP contribution in [-0.2, 0) is 11.3 Å². The monoisotopic (exact) mass is 345 g/mol. The highest BCUT2D eigenvalue weighted by molar-refractivity contribution is 7.09. The predicted molar refractivity (Wildman–Crippen MR) is 91.0 cm³/mol. The summed E-state index contributed by atoms with van der Waals surface area (Å²) in [6, 6.07) is 8.88. The molecule has 1 saturated heterocycles. The molecule has 0 radical (unpaired) electrons. The molecule has 1 aliphatic rings. The summed E-state index contributed by atoms with van der Waals surface area (Å²) in [6.07, 6.45) is 1.82. The normalized spacial score (nSPS) is 17.5. The Morgan fingerprint density at radius 2 is 2.17 bits per heavy atom. The third-order valence-corrected chi connectivity index (χ3v) is 5.41. The summed E-state index contributed by atoms with van der Waals surface area (Å²) in [5, 5.41) is 9.54. The quantitative estimate of drug-likeness (QED) is 0.826. The van der Waals surface area contributed by atoms with Crippen molar-refractivity contribution in [1.29, 1.82) is 5.26 Å². The number of benzene rings is 1. The molecule has 3 rings (SSSR count). The first-order valence-electron chi connectivity index (χ1n) is 8.07. The van der Waals surface area contributed by atoms with Gasteiger partial charge in [0.2, 0.25) is 0 Å². The molecule has 6 heteroatoms. The van der Waals surface area contributed by atoms with E-state index < -0.39 is 0 Å². The number of nitriles is 1. The number of piperidine rings is 1. The molecule has 1 atom stereocenters. The van der Waals surface area contributed by atoms with Gasteiger partial charge in [0, 0.05) is 18.7 Å². The summed E-state index contributed by atoms with van der Waals surface area (Å²) in [7, 11) is 0. The third kappa shape index (κ3) is 3.81. The van der Waals surface area contributed by atoms with Crippen LogP contribution in [0.2, 0.25) is 0 Å². The number of halogens is 1. The van der Waals surface area contributed by atoms with E-state index in [1.165, 1.54) is 17.4 Å². The molecular formula is C18H20FN3OS. The average Bonchev–Trinajstić information content (AvgIpc) is 3.02. The van der Waals surface area contributed by atoms with Crippen LogP contribution < -0.4 is 0 Å². The van der Waals surface area contributed by atoms with E-state index in [0.717, 1.165) is 36.5 Å². The van der Waals surface area contributed by atoms with Gasteiger partial charge in [0.15, 0.2) is 0 Å². The predicted octanol–water partition coefficient (Wildman–Crippen LogP) is 3.84. The lowest BCUT2D eigenvalue weighted by atomic mass is 10.0. The van der Waals surface area contributed by atoms with Gasteiger partial charge >= 0.3 is 0 Å². The number of hydrogen-bond acceptors (Lipinski definition) is 5. The third-order valence-electron chi connectivity index (χ3n) is 4.43. The molecule has 0 aliphatic carbocycles. The lowest BCUT2D eigenvalue weighted by Crippen LogP contribution is -2.39. The van der Waals surface area contributed by atoms with E-state index in [-0.39, 0.29) is 18.0 Å². The van der Waals surface area contributed by atoms with E-state index in [4.69, 9.17) is 4.74 Å². The first-order valence-corrected chi connectivity index (χ1v) is 8.95. The minimum atomic E-state index is -0.231. The van der Waals surface area contributed by atoms with Crippen LogP contribution in [0.4, 0.5) is 4.39 Å². The lowest BCUT2D eigenvalue weighted by Gasteiger charge is -2.34. The molecule has 1 aromatic heterocycles. The topological polar surface area (TPSA) is 49.2 Å². The van der Waals surface area contributed by atoms with Crippen LogP contribution in [0.25, 0.3) is 0 Å². The number of rotatable bonds is 5. The molecule has 0 bridgehead atoms. The van der Waals surface area contributed by atoms with Crippen molar-refractivity contribution in [1.82, 2.24) is 9.88 Å². The Kier molecular flexibility index (Phi) is 5.56. The lowest BCUT2D eigenvalue weighted by molar-refractivity contribution is -0.00772. The Bertz CT molecular complexity index is 719. The first kappa shape index (κ1) is 17.0. The van der Waals surface area contributed by atoms with Gasteiger partial charge in [-0.05, 0) is 25.8 Å². The fourth-order valence-corrected chi connectivity index (χ4v) is 3.88. The maximum Gasteiger partial charge on any atom is 0.134 e. The molecule has 1 fully saturated rings. The highest BCUT2D eigenvalue weighted by Gasteiger charge is 2.28. The van der Waals surface area contributed by atoms with E-state index in [9.17, 15) is 9.65 Å². The van der Waals surface area contributed by atoms with Crippen LogP contribution in [0.1, 0.15) is 35.0 Å². The fraction of sp³-hybridized carbons (Fsp3) is 0.444. The van der Waals surface area contributed by atoms with Gasteiger partial charge in [-0.25, -0.2) is 9.37 Å². The van der Waals surface area contributed by atoms with Gasteiger partial charge in [-0.1, -0.05) is 18.2 Å². The Balaban J connectivity index is 1.53. The van der Waals surface area contributed by atoms with Crippen LogP contribution >= 0.6 is 11.3 Å². The highest BCUT2D eigenvalue weighted by atomic mass is 32.1. The van der Waals surface area contributed by atoms with Gasteiger partial charge in [-0.2, -0.15) is 5.26 Å². The van der Waals surface area contributed by atoms with Gasteiger partial charge in [0.1, 0.15) is 11.9 Å². The Labute approximate surface area is 145 Å². The van der Waals surface area contributed by atoms with Crippen LogP contribution in [-0.4, -0.2) is 29.1 Å². The van der Waals surface area contributed by atoms with Crippen molar-refractivity contribution < 1.29 is 9.13 Å². The summed E-state index contributed by atoms with van der Waals surface area (Å²) in [5.74, 6) is -0.222. The van der Waals surface area contributed by atoms with E-state index in [2.05, 4.69) is 16.0 Å². The molecule has 2 aromatic rings. The number of aryl methyl sites for hydroxylation is 1. The molecule has 126 valence electrons. The summed E-state index contributed by atoms with van der Waals surface area (Å²) in [6.45, 7) is 3.85. The smallest absolute Gasteiger partial charge is 0.134 e. The van der Waals surface area contributed by atoms with Crippen molar-refractivity contribution in [2.45, 2.75) is 38.5 Å². The maximum absolute atomic E-state index is 13.6. The number of likely N-dealkylation sites (tertiary alicyclic amines) is 1. The SMILES string of the molecule is Cc1ncsc1C(C#N)N1CCC(OCc2ccccc2F)CC1. The molecule has 24 heavy (non-hydrogen) atoms. The van der Waals surface area contributed by atoms with Crippen LogP contribution in [0, 0.1) is 24.1 Å². The first-order chi connectivity index (χ1) is 11.7. The summed E-state index contributed by atoms with van der Waals surface area (Å²) in [4.78, 5) is 7.46. The minimum absolute atomic E-state index is 0.114. The van der Waals surface area contributed by atoms with Crippen LogP contribution in [0.3, 0.4) is 0 Å². The van der Waals surface area contributed by atoms with Crippen LogP contribution in [0.5, 0.6) is 0 Å². The fourth-order valence-electron chi connectivity index (χ4n) is 3.00. The number of thiazole rings is 1.